The first kappa shape index (κ1) is 24.8. The van der Waals surface area contributed by atoms with Crippen molar-refractivity contribution in [3.8, 4) is 5.75 Å². The van der Waals surface area contributed by atoms with Crippen LogP contribution in [0.5, 0.6) is 5.75 Å². The SMILES string of the molecule is CN=C(NCCCCN1CCN(C)CC1)NCC(c1ccc(OC)cc1)N1CCCCC1. The molecular formula is C25H44N6O. The molecule has 2 aliphatic heterocycles. The molecule has 2 fully saturated rings. The molecule has 0 radical (unpaired) electrons. The van der Waals surface area contributed by atoms with Crippen LogP contribution in [-0.4, -0.2) is 101 Å². The maximum Gasteiger partial charge on any atom is 0.191 e. The van der Waals surface area contributed by atoms with Crippen LogP contribution in [0.2, 0.25) is 0 Å². The first-order valence-electron chi connectivity index (χ1n) is 12.4. The lowest BCUT2D eigenvalue weighted by atomic mass is 10.0. The molecular weight excluding hydrogens is 400 g/mol. The molecule has 1 aromatic rings. The molecule has 0 bridgehead atoms. The van der Waals surface area contributed by atoms with Crippen molar-refractivity contribution < 1.29 is 4.74 Å². The van der Waals surface area contributed by atoms with Crippen molar-refractivity contribution in [2.24, 2.45) is 4.99 Å². The number of methoxy groups -OCH3 is 1. The van der Waals surface area contributed by atoms with Crippen LogP contribution in [0, 0.1) is 0 Å². The Hall–Kier alpha value is -1.83. The molecule has 0 amide bonds. The summed E-state index contributed by atoms with van der Waals surface area (Å²) in [5.41, 5.74) is 1.34. The molecule has 2 saturated heterocycles. The highest BCUT2D eigenvalue weighted by molar-refractivity contribution is 5.79. The molecule has 7 nitrogen and oxygen atoms in total. The second-order valence-corrected chi connectivity index (χ2v) is 9.12. The van der Waals surface area contributed by atoms with Gasteiger partial charge in [-0.2, -0.15) is 0 Å². The highest BCUT2D eigenvalue weighted by Gasteiger charge is 2.22. The number of guanidine groups is 1. The van der Waals surface area contributed by atoms with Crippen molar-refractivity contribution in [1.29, 1.82) is 0 Å². The maximum atomic E-state index is 5.35. The third kappa shape index (κ3) is 7.94. The highest BCUT2D eigenvalue weighted by Crippen LogP contribution is 2.25. The van der Waals surface area contributed by atoms with E-state index in [4.69, 9.17) is 4.74 Å². The van der Waals surface area contributed by atoms with E-state index in [-0.39, 0.29) is 0 Å². The zero-order valence-corrected chi connectivity index (χ0v) is 20.5. The summed E-state index contributed by atoms with van der Waals surface area (Å²) in [6, 6.07) is 8.89. The molecule has 0 aromatic heterocycles. The number of hydrogen-bond acceptors (Lipinski definition) is 5. The number of benzene rings is 1. The fourth-order valence-corrected chi connectivity index (χ4v) is 4.67. The standard InChI is InChI=1S/C25H44N6O/c1-26-25(27-13-5-8-14-30-19-17-29(2)18-20-30)28-21-24(31-15-6-4-7-16-31)22-9-11-23(32-3)12-10-22/h9-12,24H,4-8,13-21H2,1-3H3,(H2,26,27,28). The van der Waals surface area contributed by atoms with Crippen LogP contribution >= 0.6 is 0 Å². The molecule has 2 N–H and O–H groups in total. The first-order chi connectivity index (χ1) is 15.7. The number of likely N-dealkylation sites (N-methyl/N-ethyl adjacent to an activating group) is 1. The van der Waals surface area contributed by atoms with Gasteiger partial charge in [-0.3, -0.25) is 9.89 Å². The van der Waals surface area contributed by atoms with E-state index in [2.05, 4.69) is 61.6 Å². The van der Waals surface area contributed by atoms with E-state index in [1.165, 1.54) is 70.4 Å². The summed E-state index contributed by atoms with van der Waals surface area (Å²) in [4.78, 5) is 12.1. The fraction of sp³-hybridized carbons (Fsp3) is 0.720. The average Bonchev–Trinajstić information content (AvgIpc) is 2.85. The van der Waals surface area contributed by atoms with Crippen molar-refractivity contribution in [2.45, 2.75) is 38.1 Å². The summed E-state index contributed by atoms with van der Waals surface area (Å²) < 4.78 is 5.35. The molecule has 0 spiro atoms. The minimum absolute atomic E-state index is 0.344. The third-order valence-corrected chi connectivity index (χ3v) is 6.81. The zero-order valence-electron chi connectivity index (χ0n) is 20.5. The summed E-state index contributed by atoms with van der Waals surface area (Å²) in [6.07, 6.45) is 6.31. The third-order valence-electron chi connectivity index (χ3n) is 6.81. The molecule has 7 heteroatoms. The van der Waals surface area contributed by atoms with Crippen LogP contribution in [0.25, 0.3) is 0 Å². The van der Waals surface area contributed by atoms with Crippen LogP contribution in [0.1, 0.15) is 43.7 Å². The van der Waals surface area contributed by atoms with Crippen LogP contribution in [0.15, 0.2) is 29.3 Å². The molecule has 32 heavy (non-hydrogen) atoms. The Balaban J connectivity index is 1.43. The number of likely N-dealkylation sites (tertiary alicyclic amines) is 1. The first-order valence-corrected chi connectivity index (χ1v) is 12.4. The van der Waals surface area contributed by atoms with Crippen molar-refractivity contribution in [1.82, 2.24) is 25.3 Å². The molecule has 0 saturated carbocycles. The van der Waals surface area contributed by atoms with Crippen LogP contribution in [-0.2, 0) is 0 Å². The lowest BCUT2D eigenvalue weighted by Crippen LogP contribution is -2.45. The molecule has 1 unspecified atom stereocenters. The normalized spacial score (nSPS) is 20.2. The summed E-state index contributed by atoms with van der Waals surface area (Å²) in [5.74, 6) is 1.81. The van der Waals surface area contributed by atoms with Gasteiger partial charge in [0.05, 0.1) is 13.2 Å². The number of ether oxygens (including phenoxy) is 1. The predicted molar refractivity (Wildman–Crippen MR) is 134 cm³/mol. The van der Waals surface area contributed by atoms with E-state index in [1.54, 1.807) is 7.11 Å². The number of hydrogen-bond donors (Lipinski definition) is 2. The summed E-state index contributed by atoms with van der Waals surface area (Å²) >= 11 is 0. The molecule has 1 atom stereocenters. The van der Waals surface area contributed by atoms with Gasteiger partial charge in [-0.15, -0.1) is 0 Å². The highest BCUT2D eigenvalue weighted by atomic mass is 16.5. The van der Waals surface area contributed by atoms with Gasteiger partial charge in [0.25, 0.3) is 0 Å². The van der Waals surface area contributed by atoms with E-state index in [1.807, 2.05) is 7.05 Å². The second-order valence-electron chi connectivity index (χ2n) is 9.12. The van der Waals surface area contributed by atoms with Gasteiger partial charge in [-0.25, -0.2) is 0 Å². The largest absolute Gasteiger partial charge is 0.497 e. The topological polar surface area (TPSA) is 55.4 Å². The Morgan fingerprint density at radius 1 is 0.969 bits per heavy atom. The second kappa shape index (κ2) is 13.7. The zero-order chi connectivity index (χ0) is 22.6. The van der Waals surface area contributed by atoms with Crippen LogP contribution < -0.4 is 15.4 Å². The minimum Gasteiger partial charge on any atom is -0.497 e. The van der Waals surface area contributed by atoms with Crippen molar-refractivity contribution in [2.75, 3.05) is 80.1 Å². The van der Waals surface area contributed by atoms with Gasteiger partial charge >= 0.3 is 0 Å². The summed E-state index contributed by atoms with van der Waals surface area (Å²) in [5, 5.41) is 7.10. The lowest BCUT2D eigenvalue weighted by molar-refractivity contribution is 0.152. The fourth-order valence-electron chi connectivity index (χ4n) is 4.67. The number of piperazine rings is 1. The number of piperidine rings is 1. The van der Waals surface area contributed by atoms with Gasteiger partial charge in [0.2, 0.25) is 0 Å². The monoisotopic (exact) mass is 444 g/mol. The molecule has 3 rings (SSSR count). The van der Waals surface area contributed by atoms with E-state index in [0.29, 0.717) is 6.04 Å². The summed E-state index contributed by atoms with van der Waals surface area (Å²) in [7, 11) is 5.80. The van der Waals surface area contributed by atoms with Gasteiger partial charge in [-0.1, -0.05) is 18.6 Å². The molecule has 2 aliphatic rings. The van der Waals surface area contributed by atoms with Gasteiger partial charge in [0.15, 0.2) is 5.96 Å². The van der Waals surface area contributed by atoms with Crippen molar-refractivity contribution in [3.63, 3.8) is 0 Å². The Bertz CT molecular complexity index is 666. The van der Waals surface area contributed by atoms with Crippen LogP contribution in [0.4, 0.5) is 0 Å². The van der Waals surface area contributed by atoms with E-state index < -0.39 is 0 Å². The Kier molecular flexibility index (Phi) is 10.6. The Morgan fingerprint density at radius 2 is 1.69 bits per heavy atom. The van der Waals surface area contributed by atoms with Crippen molar-refractivity contribution >= 4 is 5.96 Å². The van der Waals surface area contributed by atoms with Gasteiger partial charge < -0.3 is 25.2 Å². The number of nitrogens with zero attached hydrogens (tertiary/aromatic N) is 4. The molecule has 180 valence electrons. The predicted octanol–water partition coefficient (Wildman–Crippen LogP) is 2.41. The summed E-state index contributed by atoms with van der Waals surface area (Å²) in [6.45, 7) is 10.1. The quantitative estimate of drug-likeness (QED) is 0.328. The minimum atomic E-state index is 0.344. The van der Waals surface area contributed by atoms with Gasteiger partial charge in [0, 0.05) is 46.3 Å². The molecule has 2 heterocycles. The Labute approximate surface area is 195 Å². The van der Waals surface area contributed by atoms with E-state index in [0.717, 1.165) is 37.9 Å². The van der Waals surface area contributed by atoms with E-state index in [9.17, 15) is 0 Å². The smallest absolute Gasteiger partial charge is 0.191 e. The Morgan fingerprint density at radius 3 is 2.34 bits per heavy atom. The molecule has 0 aliphatic carbocycles. The lowest BCUT2D eigenvalue weighted by Gasteiger charge is -2.35. The van der Waals surface area contributed by atoms with Gasteiger partial charge in [0.1, 0.15) is 5.75 Å². The number of unbranched alkanes of at least 4 members (excludes halogenated alkanes) is 1. The number of nitrogens with one attached hydrogen (secondary N) is 2. The average molecular weight is 445 g/mol. The van der Waals surface area contributed by atoms with Crippen LogP contribution in [0.3, 0.4) is 0 Å². The van der Waals surface area contributed by atoms with Crippen molar-refractivity contribution in [3.05, 3.63) is 29.8 Å². The number of aliphatic imine (C=N–C) groups is 1. The molecule has 1 aromatic carbocycles. The maximum absolute atomic E-state index is 5.35. The van der Waals surface area contributed by atoms with Gasteiger partial charge in [-0.05, 0) is 70.1 Å². The van der Waals surface area contributed by atoms with E-state index >= 15 is 0 Å². The number of rotatable bonds is 10.